The number of carbonyl (C=O) groups is 1. The Morgan fingerprint density at radius 1 is 1.11 bits per heavy atom. The summed E-state index contributed by atoms with van der Waals surface area (Å²) in [6.07, 6.45) is 0.192. The van der Waals surface area contributed by atoms with Crippen molar-refractivity contribution >= 4 is 45.0 Å². The first kappa shape index (κ1) is 31.2. The molecule has 0 aliphatic heterocycles. The molecule has 0 radical (unpaired) electrons. The van der Waals surface area contributed by atoms with Crippen molar-refractivity contribution in [2.24, 2.45) is 20.9 Å². The number of nitrogens with two attached hydrogens (primary N) is 2. The Morgan fingerprint density at radius 2 is 1.81 bits per heavy atom. The molecule has 2 aromatic rings. The molecule has 0 atom stereocenters. The maximum atomic E-state index is 14.6. The number of ether oxygens (including phenoxy) is 2. The summed E-state index contributed by atoms with van der Waals surface area (Å²) in [5.41, 5.74) is 8.60. The van der Waals surface area contributed by atoms with E-state index in [-0.39, 0.29) is 54.4 Å². The van der Waals surface area contributed by atoms with E-state index in [2.05, 4.69) is 9.98 Å². The van der Waals surface area contributed by atoms with Crippen molar-refractivity contribution in [3.05, 3.63) is 58.9 Å². The third kappa shape index (κ3) is 10.8. The number of primary sulfonamides is 1. The minimum absolute atomic E-state index is 0.0729. The van der Waals surface area contributed by atoms with Crippen LogP contribution < -0.4 is 10.9 Å². The fourth-order valence-corrected chi connectivity index (χ4v) is 3.40. The molecule has 0 saturated heterocycles. The van der Waals surface area contributed by atoms with E-state index in [0.29, 0.717) is 0 Å². The first-order chi connectivity index (χ1) is 17.0. The van der Waals surface area contributed by atoms with Crippen molar-refractivity contribution in [3.8, 4) is 0 Å². The Morgan fingerprint density at radius 3 is 2.42 bits per heavy atom. The zero-order chi connectivity index (χ0) is 27.3. The molecule has 4 N–H and O–H groups in total. The number of esters is 1. The number of rotatable bonds is 10. The number of aliphatic imine (C=N–C) groups is 2. The summed E-state index contributed by atoms with van der Waals surface area (Å²) >= 11 is 5.47. The van der Waals surface area contributed by atoms with E-state index in [9.17, 15) is 17.6 Å². The lowest BCUT2D eigenvalue weighted by Crippen LogP contribution is -2.25. The summed E-state index contributed by atoms with van der Waals surface area (Å²) in [6, 6.07) is 8.91. The van der Waals surface area contributed by atoms with Crippen LogP contribution in [0.2, 0.25) is 0 Å². The number of alkyl halides is 1. The molecule has 0 aromatic heterocycles. The second kappa shape index (κ2) is 15.3. The molecule has 0 saturated carbocycles. The van der Waals surface area contributed by atoms with Crippen molar-refractivity contribution < 1.29 is 27.1 Å². The predicted octanol–water partition coefficient (Wildman–Crippen LogP) is 3.54. The predicted molar refractivity (Wildman–Crippen MR) is 140 cm³/mol. The van der Waals surface area contributed by atoms with Crippen LogP contribution >= 0.6 is 11.6 Å². The summed E-state index contributed by atoms with van der Waals surface area (Å²) in [5, 5.41) is 5.05. The summed E-state index contributed by atoms with van der Waals surface area (Å²) in [6.45, 7) is 7.41. The lowest BCUT2D eigenvalue weighted by molar-refractivity contribution is -0.147. The number of halogens is 2. The van der Waals surface area contributed by atoms with E-state index in [4.69, 9.17) is 31.9 Å². The average molecular weight is 543 g/mol. The third-order valence-electron chi connectivity index (χ3n) is 4.45. The summed E-state index contributed by atoms with van der Waals surface area (Å²) < 4.78 is 47.5. The van der Waals surface area contributed by atoms with E-state index >= 15 is 0 Å². The van der Waals surface area contributed by atoms with Gasteiger partial charge in [-0.2, -0.15) is 0 Å². The average Bonchev–Trinajstić information content (AvgIpc) is 2.82. The Bertz CT molecular complexity index is 1200. The highest BCUT2D eigenvalue weighted by molar-refractivity contribution is 7.89. The quantitative estimate of drug-likeness (QED) is 0.154. The molecular formula is C24H32ClFN4O5S. The molecule has 0 aliphatic carbocycles. The first-order valence-electron chi connectivity index (χ1n) is 11.1. The largest absolute Gasteiger partial charge is 0.456 e. The highest BCUT2D eigenvalue weighted by Gasteiger charge is 2.13. The summed E-state index contributed by atoms with van der Waals surface area (Å²) in [5.74, 6) is -1.26. The number of aryl methyl sites for hydroxylation is 2. The van der Waals surface area contributed by atoms with Crippen molar-refractivity contribution in [2.45, 2.75) is 39.0 Å². The molecule has 0 bridgehead atoms. The zero-order valence-electron chi connectivity index (χ0n) is 20.8. The van der Waals surface area contributed by atoms with Gasteiger partial charge in [0.15, 0.2) is 0 Å². The summed E-state index contributed by atoms with van der Waals surface area (Å²) in [7, 11) is -4.07. The highest BCUT2D eigenvalue weighted by Crippen LogP contribution is 2.22. The van der Waals surface area contributed by atoms with Gasteiger partial charge in [0.25, 0.3) is 0 Å². The van der Waals surface area contributed by atoms with Crippen molar-refractivity contribution in [2.75, 3.05) is 25.7 Å². The SMILES string of the molecule is CC.Cc1ccc(C)c(CC(N=C(N)COC(=O)COCCCl)=Nc2ccc(S(N)(=O)=O)cc2F)c1. The van der Waals surface area contributed by atoms with Gasteiger partial charge < -0.3 is 15.2 Å². The first-order valence-corrected chi connectivity index (χ1v) is 13.2. The number of hydrogen-bond donors (Lipinski definition) is 2. The minimum atomic E-state index is -4.07. The molecule has 0 spiro atoms. The van der Waals surface area contributed by atoms with Gasteiger partial charge in [-0.1, -0.05) is 37.6 Å². The topological polar surface area (TPSA) is 146 Å². The van der Waals surface area contributed by atoms with Crippen LogP contribution in [0.4, 0.5) is 10.1 Å². The molecule has 0 aliphatic rings. The van der Waals surface area contributed by atoms with Gasteiger partial charge in [-0.05, 0) is 43.2 Å². The monoisotopic (exact) mass is 542 g/mol. The number of sulfonamides is 1. The Balaban J connectivity index is 0.00000316. The number of hydrogen-bond acceptors (Lipinski definition) is 6. The number of benzene rings is 2. The van der Waals surface area contributed by atoms with Crippen molar-refractivity contribution in [1.29, 1.82) is 0 Å². The fraction of sp³-hybridized carbons (Fsp3) is 0.375. The molecule has 0 amide bonds. The number of nitrogens with zero attached hydrogens (tertiary/aromatic N) is 2. The van der Waals surface area contributed by atoms with Gasteiger partial charge in [-0.3, -0.25) is 0 Å². The number of amidine groups is 2. The molecule has 0 fully saturated rings. The van der Waals surface area contributed by atoms with Gasteiger partial charge >= 0.3 is 5.97 Å². The molecule has 0 unspecified atom stereocenters. The molecule has 2 rings (SSSR count). The van der Waals surface area contributed by atoms with Crippen LogP contribution in [-0.4, -0.2) is 51.8 Å². The summed E-state index contributed by atoms with van der Waals surface area (Å²) in [4.78, 5) is 19.8. The van der Waals surface area contributed by atoms with Gasteiger partial charge in [0, 0.05) is 12.3 Å². The van der Waals surface area contributed by atoms with Crippen LogP contribution in [0.25, 0.3) is 0 Å². The van der Waals surface area contributed by atoms with Crippen LogP contribution in [0.1, 0.15) is 30.5 Å². The number of carbonyl (C=O) groups excluding carboxylic acids is 1. The van der Waals surface area contributed by atoms with Crippen LogP contribution in [-0.2, 0) is 30.7 Å². The minimum Gasteiger partial charge on any atom is -0.456 e. The van der Waals surface area contributed by atoms with Gasteiger partial charge in [0.2, 0.25) is 10.0 Å². The van der Waals surface area contributed by atoms with Crippen LogP contribution in [0.5, 0.6) is 0 Å². The molecule has 0 heterocycles. The van der Waals surface area contributed by atoms with E-state index in [1.165, 1.54) is 6.07 Å². The van der Waals surface area contributed by atoms with E-state index in [1.54, 1.807) is 0 Å². The Kier molecular flexibility index (Phi) is 13.2. The van der Waals surface area contributed by atoms with Crippen LogP contribution in [0, 0.1) is 19.7 Å². The molecule has 2 aromatic carbocycles. The zero-order valence-corrected chi connectivity index (χ0v) is 22.3. The van der Waals surface area contributed by atoms with Gasteiger partial charge in [0.1, 0.15) is 36.4 Å². The van der Waals surface area contributed by atoms with E-state index < -0.39 is 21.8 Å². The molecule has 12 heteroatoms. The lowest BCUT2D eigenvalue weighted by atomic mass is 10.0. The fourth-order valence-electron chi connectivity index (χ4n) is 2.76. The Hall–Kier alpha value is -2.86. The molecular weight excluding hydrogens is 511 g/mol. The molecule has 9 nitrogen and oxygen atoms in total. The molecule has 36 heavy (non-hydrogen) atoms. The van der Waals surface area contributed by atoms with E-state index in [1.807, 2.05) is 45.9 Å². The van der Waals surface area contributed by atoms with Crippen molar-refractivity contribution in [1.82, 2.24) is 0 Å². The normalized spacial score (nSPS) is 12.1. The van der Waals surface area contributed by atoms with Crippen LogP contribution in [0.15, 0.2) is 51.3 Å². The second-order valence-corrected chi connectivity index (χ2v) is 9.24. The van der Waals surface area contributed by atoms with Gasteiger partial charge in [-0.25, -0.2) is 32.7 Å². The maximum Gasteiger partial charge on any atom is 0.332 e. The van der Waals surface area contributed by atoms with Gasteiger partial charge in [-0.15, -0.1) is 11.6 Å². The highest BCUT2D eigenvalue weighted by atomic mass is 35.5. The second-order valence-electron chi connectivity index (χ2n) is 7.30. The lowest BCUT2D eigenvalue weighted by Gasteiger charge is -2.10. The van der Waals surface area contributed by atoms with Gasteiger partial charge in [0.05, 0.1) is 11.5 Å². The molecule has 198 valence electrons. The smallest absolute Gasteiger partial charge is 0.332 e. The third-order valence-corrected chi connectivity index (χ3v) is 5.51. The maximum absolute atomic E-state index is 14.6. The standard InChI is InChI=1S/C22H26ClFN4O5S.C2H6/c1-14-3-4-15(2)16(9-14)10-21(28-20(25)12-33-22(29)13-32-8-7-23)27-19-6-5-17(11-18(19)24)34(26,30)31;1-2/h3-6,9,11H,7-8,10,12-13H2,1-2H3,(H2,25,27,28)(H2,26,30,31);1-2H3. The van der Waals surface area contributed by atoms with Crippen LogP contribution in [0.3, 0.4) is 0 Å². The van der Waals surface area contributed by atoms with Crippen molar-refractivity contribution in [3.63, 3.8) is 0 Å². The Labute approximate surface area is 216 Å². The van der Waals surface area contributed by atoms with E-state index in [0.717, 1.165) is 28.8 Å².